The molecule has 1 atom stereocenters. The first-order chi connectivity index (χ1) is 15.0. The number of amides is 1. The molecule has 1 aliphatic rings. The first-order valence-corrected chi connectivity index (χ1v) is 11.6. The van der Waals surface area contributed by atoms with E-state index in [-0.39, 0.29) is 17.9 Å². The number of carbonyl (C=O) groups excluding carboxylic acids is 1. The van der Waals surface area contributed by atoms with Gasteiger partial charge in [-0.25, -0.2) is 4.98 Å². The SMILES string of the molecule is CC(C)C(C#N)N1CCN(C(=O)c2ccc(SCc3cn4ccccc4n3)cc2)CC1. The van der Waals surface area contributed by atoms with Gasteiger partial charge in [0.05, 0.1) is 11.8 Å². The molecule has 31 heavy (non-hydrogen) atoms. The van der Waals surface area contributed by atoms with Crippen molar-refractivity contribution in [2.75, 3.05) is 26.2 Å². The maximum Gasteiger partial charge on any atom is 0.253 e. The molecule has 0 spiro atoms. The number of pyridine rings is 1. The summed E-state index contributed by atoms with van der Waals surface area (Å²) in [5.41, 5.74) is 2.70. The molecule has 160 valence electrons. The summed E-state index contributed by atoms with van der Waals surface area (Å²) in [4.78, 5) is 22.7. The molecule has 1 amide bonds. The lowest BCUT2D eigenvalue weighted by Gasteiger charge is -2.38. The Kier molecular flexibility index (Phi) is 6.59. The van der Waals surface area contributed by atoms with Gasteiger partial charge in [-0.3, -0.25) is 9.69 Å². The quantitative estimate of drug-likeness (QED) is 0.551. The fourth-order valence-electron chi connectivity index (χ4n) is 3.95. The molecule has 0 N–H and O–H groups in total. The predicted octanol–water partition coefficient (Wildman–Crippen LogP) is 3.93. The molecule has 0 saturated carbocycles. The van der Waals surface area contributed by atoms with Crippen LogP contribution in [0.4, 0.5) is 0 Å². The van der Waals surface area contributed by atoms with Crippen LogP contribution in [-0.4, -0.2) is 57.3 Å². The van der Waals surface area contributed by atoms with Gasteiger partial charge in [-0.15, -0.1) is 11.8 Å². The molecule has 7 heteroatoms. The van der Waals surface area contributed by atoms with Crippen molar-refractivity contribution in [3.63, 3.8) is 0 Å². The van der Waals surface area contributed by atoms with E-state index in [4.69, 9.17) is 0 Å². The lowest BCUT2D eigenvalue weighted by Crippen LogP contribution is -2.52. The van der Waals surface area contributed by atoms with Crippen molar-refractivity contribution in [1.29, 1.82) is 5.26 Å². The molecule has 1 aliphatic heterocycles. The number of imidazole rings is 1. The summed E-state index contributed by atoms with van der Waals surface area (Å²) < 4.78 is 2.03. The fourth-order valence-corrected chi connectivity index (χ4v) is 4.73. The zero-order valence-electron chi connectivity index (χ0n) is 17.9. The molecule has 0 aliphatic carbocycles. The first kappa shape index (κ1) is 21.4. The Morgan fingerprint density at radius 2 is 1.87 bits per heavy atom. The van der Waals surface area contributed by atoms with Gasteiger partial charge in [0.15, 0.2) is 0 Å². The number of nitrogens with zero attached hydrogens (tertiary/aromatic N) is 5. The number of rotatable bonds is 6. The van der Waals surface area contributed by atoms with E-state index in [1.165, 1.54) is 0 Å². The highest BCUT2D eigenvalue weighted by molar-refractivity contribution is 7.98. The number of hydrogen-bond acceptors (Lipinski definition) is 5. The highest BCUT2D eigenvalue weighted by Crippen LogP contribution is 2.24. The Balaban J connectivity index is 1.31. The maximum atomic E-state index is 12.9. The third kappa shape index (κ3) is 4.92. The lowest BCUT2D eigenvalue weighted by atomic mass is 10.0. The summed E-state index contributed by atoms with van der Waals surface area (Å²) in [7, 11) is 0. The average Bonchev–Trinajstić information content (AvgIpc) is 3.21. The van der Waals surface area contributed by atoms with E-state index in [0.717, 1.165) is 35.1 Å². The van der Waals surface area contributed by atoms with Crippen LogP contribution in [0.5, 0.6) is 0 Å². The lowest BCUT2D eigenvalue weighted by molar-refractivity contribution is 0.0576. The van der Waals surface area contributed by atoms with Crippen LogP contribution in [0.2, 0.25) is 0 Å². The Hall–Kier alpha value is -2.82. The number of carbonyl (C=O) groups is 1. The van der Waals surface area contributed by atoms with Crippen LogP contribution < -0.4 is 0 Å². The monoisotopic (exact) mass is 433 g/mol. The Bertz CT molecular complexity index is 1040. The van der Waals surface area contributed by atoms with Crippen molar-refractivity contribution in [2.45, 2.75) is 30.5 Å². The van der Waals surface area contributed by atoms with Crippen LogP contribution in [-0.2, 0) is 5.75 Å². The van der Waals surface area contributed by atoms with Gasteiger partial charge >= 0.3 is 0 Å². The Labute approximate surface area is 187 Å². The van der Waals surface area contributed by atoms with Gasteiger partial charge in [-0.2, -0.15) is 5.26 Å². The summed E-state index contributed by atoms with van der Waals surface area (Å²) in [5.74, 6) is 1.14. The third-order valence-corrected chi connectivity index (χ3v) is 6.71. The number of hydrogen-bond donors (Lipinski definition) is 0. The molecule has 0 bridgehead atoms. The maximum absolute atomic E-state index is 12.9. The molecule has 2 aromatic heterocycles. The normalized spacial score (nSPS) is 15.9. The minimum atomic E-state index is -0.0820. The van der Waals surface area contributed by atoms with E-state index in [2.05, 4.69) is 36.0 Å². The van der Waals surface area contributed by atoms with Crippen molar-refractivity contribution >= 4 is 23.3 Å². The van der Waals surface area contributed by atoms with E-state index in [1.54, 1.807) is 11.8 Å². The molecule has 1 fully saturated rings. The summed E-state index contributed by atoms with van der Waals surface area (Å²) in [6.07, 6.45) is 4.05. The highest BCUT2D eigenvalue weighted by Gasteiger charge is 2.28. The van der Waals surface area contributed by atoms with Gasteiger partial charge in [0.25, 0.3) is 5.91 Å². The molecule has 4 rings (SSSR count). The summed E-state index contributed by atoms with van der Waals surface area (Å²) in [6.45, 7) is 6.95. The van der Waals surface area contributed by atoms with Gasteiger partial charge in [0.1, 0.15) is 11.7 Å². The third-order valence-electron chi connectivity index (χ3n) is 5.66. The molecule has 0 radical (unpaired) electrons. The van der Waals surface area contributed by atoms with Crippen molar-refractivity contribution in [2.24, 2.45) is 5.92 Å². The van der Waals surface area contributed by atoms with Crippen molar-refractivity contribution in [1.82, 2.24) is 19.2 Å². The van der Waals surface area contributed by atoms with Crippen molar-refractivity contribution in [3.8, 4) is 6.07 Å². The van der Waals surface area contributed by atoms with Crippen LogP contribution in [0.1, 0.15) is 29.9 Å². The largest absolute Gasteiger partial charge is 0.336 e. The molecular weight excluding hydrogens is 406 g/mol. The van der Waals surface area contributed by atoms with E-state index in [1.807, 2.05) is 58.0 Å². The summed E-state index contributed by atoms with van der Waals surface area (Å²) in [5, 5.41) is 9.40. The second kappa shape index (κ2) is 9.54. The molecule has 3 heterocycles. The van der Waals surface area contributed by atoms with Crippen LogP contribution in [0.3, 0.4) is 0 Å². The Morgan fingerprint density at radius 3 is 2.52 bits per heavy atom. The number of nitriles is 1. The van der Waals surface area contributed by atoms with E-state index in [9.17, 15) is 10.1 Å². The number of aromatic nitrogens is 2. The molecular formula is C24H27N5OS. The van der Waals surface area contributed by atoms with Crippen molar-refractivity contribution in [3.05, 3.63) is 66.1 Å². The molecule has 1 aromatic carbocycles. The average molecular weight is 434 g/mol. The topological polar surface area (TPSA) is 64.6 Å². The second-order valence-electron chi connectivity index (χ2n) is 8.16. The summed E-state index contributed by atoms with van der Waals surface area (Å²) in [6, 6.07) is 16.1. The molecule has 1 saturated heterocycles. The van der Waals surface area contributed by atoms with E-state index in [0.29, 0.717) is 18.7 Å². The highest BCUT2D eigenvalue weighted by atomic mass is 32.2. The van der Waals surface area contributed by atoms with E-state index >= 15 is 0 Å². The predicted molar refractivity (Wildman–Crippen MR) is 123 cm³/mol. The number of benzene rings is 1. The smallest absolute Gasteiger partial charge is 0.253 e. The van der Waals surface area contributed by atoms with Gasteiger partial charge in [-0.1, -0.05) is 19.9 Å². The number of fused-ring (bicyclic) bond motifs is 1. The molecule has 6 nitrogen and oxygen atoms in total. The summed E-state index contributed by atoms with van der Waals surface area (Å²) >= 11 is 1.72. The van der Waals surface area contributed by atoms with Gasteiger partial charge in [0.2, 0.25) is 0 Å². The van der Waals surface area contributed by atoms with Crippen LogP contribution in [0.15, 0.2) is 59.8 Å². The number of thioether (sulfide) groups is 1. The van der Waals surface area contributed by atoms with Gasteiger partial charge in [0, 0.05) is 54.8 Å². The van der Waals surface area contributed by atoms with Crippen LogP contribution >= 0.6 is 11.8 Å². The molecule has 3 aromatic rings. The fraction of sp³-hybridized carbons (Fsp3) is 0.375. The first-order valence-electron chi connectivity index (χ1n) is 10.6. The molecule has 1 unspecified atom stereocenters. The van der Waals surface area contributed by atoms with Gasteiger partial charge < -0.3 is 9.30 Å². The minimum Gasteiger partial charge on any atom is -0.336 e. The second-order valence-corrected chi connectivity index (χ2v) is 9.21. The standard InChI is InChI=1S/C24H27N5OS/c1-18(2)22(15-25)27-11-13-28(14-12-27)24(30)19-6-8-21(9-7-19)31-17-20-16-29-10-4-3-5-23(29)26-20/h3-10,16,18,22H,11-14,17H2,1-2H3. The zero-order valence-corrected chi connectivity index (χ0v) is 18.8. The minimum absolute atomic E-state index is 0.0644. The van der Waals surface area contributed by atoms with E-state index < -0.39 is 0 Å². The van der Waals surface area contributed by atoms with Gasteiger partial charge in [-0.05, 0) is 42.3 Å². The van der Waals surface area contributed by atoms with Crippen LogP contribution in [0.25, 0.3) is 5.65 Å². The van der Waals surface area contributed by atoms with Crippen LogP contribution in [0, 0.1) is 17.2 Å². The Morgan fingerprint density at radius 1 is 1.13 bits per heavy atom. The zero-order chi connectivity index (χ0) is 21.8. The van der Waals surface area contributed by atoms with Crippen molar-refractivity contribution < 1.29 is 4.79 Å². The number of piperazine rings is 1.